The van der Waals surface area contributed by atoms with Gasteiger partial charge in [-0.05, 0) is 0 Å². The fourth-order valence-corrected chi connectivity index (χ4v) is 0.175. The molecule has 0 N–H and O–H groups in total. The molecule has 0 fully saturated rings. The molecule has 0 rings (SSSR count). The van der Waals surface area contributed by atoms with E-state index in [1.807, 2.05) is 0 Å². The highest BCUT2D eigenvalue weighted by molar-refractivity contribution is 5.85. The fourth-order valence-electron chi connectivity index (χ4n) is 0.175. The Bertz CT molecular complexity index is 173. The van der Waals surface area contributed by atoms with Crippen molar-refractivity contribution in [2.45, 2.75) is 6.18 Å². The second kappa shape index (κ2) is 3.22. The summed E-state index contributed by atoms with van der Waals surface area (Å²) < 4.78 is 40.6. The number of ether oxygens (including phenoxy) is 2. The van der Waals surface area contributed by atoms with Crippen molar-refractivity contribution in [3.8, 4) is 0 Å². The number of hydrogen-bond donors (Lipinski definition) is 0. The molecule has 0 atom stereocenters. The lowest BCUT2D eigenvalue weighted by atomic mass is 10.7. The van der Waals surface area contributed by atoms with Crippen molar-refractivity contribution in [1.82, 2.24) is 0 Å². The predicted molar refractivity (Wildman–Crippen MR) is 24.6 cm³/mol. The summed E-state index contributed by atoms with van der Waals surface area (Å²) in [6.45, 7) is 0. The molecule has 0 spiro atoms. The van der Waals surface area contributed by atoms with E-state index in [0.29, 0.717) is 0 Å². The number of carbonyl (C=O) groups is 2. The first kappa shape index (κ1) is 9.73. The van der Waals surface area contributed by atoms with Gasteiger partial charge in [-0.25, -0.2) is 9.59 Å². The number of rotatable bonds is 0. The Morgan fingerprint density at radius 2 is 1.73 bits per heavy atom. The lowest BCUT2D eigenvalue weighted by Gasteiger charge is -2.02. The third-order valence-corrected chi connectivity index (χ3v) is 0.574. The summed E-state index contributed by atoms with van der Waals surface area (Å²) in [5.41, 5.74) is 0. The molecule has 64 valence electrons. The highest BCUT2D eigenvalue weighted by Crippen LogP contribution is 2.16. The van der Waals surface area contributed by atoms with E-state index < -0.39 is 18.3 Å². The van der Waals surface area contributed by atoms with Crippen LogP contribution in [0.25, 0.3) is 0 Å². The van der Waals surface area contributed by atoms with Crippen LogP contribution in [-0.4, -0.2) is 25.4 Å². The molecule has 0 heterocycles. The number of esters is 1. The molecule has 0 aliphatic carbocycles. The molecule has 0 aliphatic rings. The van der Waals surface area contributed by atoms with Crippen LogP contribution in [0.1, 0.15) is 0 Å². The molecule has 0 aromatic carbocycles. The van der Waals surface area contributed by atoms with Gasteiger partial charge in [0, 0.05) is 0 Å². The highest BCUT2D eigenvalue weighted by Gasteiger charge is 2.42. The molecule has 0 amide bonds. The quantitative estimate of drug-likeness (QED) is 0.401. The molecule has 0 aromatic rings. The van der Waals surface area contributed by atoms with Gasteiger partial charge in [0.05, 0.1) is 7.11 Å². The summed E-state index contributed by atoms with van der Waals surface area (Å²) in [6, 6.07) is 0. The molecule has 7 heteroatoms. The largest absolute Gasteiger partial charge is 0.516 e. The zero-order valence-electron chi connectivity index (χ0n) is 5.27. The lowest BCUT2D eigenvalue weighted by molar-refractivity contribution is -0.194. The predicted octanol–water partition coefficient (Wildman–Crippen LogP) is 0.858. The number of methoxy groups -OCH3 is 1. The number of carbonyl (C=O) groups excluding carboxylic acids is 2. The summed E-state index contributed by atoms with van der Waals surface area (Å²) in [5.74, 6) is -2.59. The molecular formula is C4H3F3O4. The molecule has 4 nitrogen and oxygen atoms in total. The second-order valence-electron chi connectivity index (χ2n) is 1.34. The maximum atomic E-state index is 11.3. The van der Waals surface area contributed by atoms with Gasteiger partial charge in [-0.3, -0.25) is 0 Å². The summed E-state index contributed by atoms with van der Waals surface area (Å²) in [6.07, 6.45) is -6.86. The molecule has 0 aromatic heterocycles. The van der Waals surface area contributed by atoms with Crippen LogP contribution in [0.15, 0.2) is 0 Å². The summed E-state index contributed by atoms with van der Waals surface area (Å²) >= 11 is 0. The van der Waals surface area contributed by atoms with Crippen molar-refractivity contribution in [1.29, 1.82) is 0 Å². The van der Waals surface area contributed by atoms with Gasteiger partial charge in [-0.2, -0.15) is 13.2 Å². The van der Waals surface area contributed by atoms with Gasteiger partial charge < -0.3 is 9.47 Å². The van der Waals surface area contributed by atoms with E-state index in [2.05, 4.69) is 9.47 Å². The minimum atomic E-state index is -5.17. The maximum Gasteiger partial charge on any atom is 0.516 e. The van der Waals surface area contributed by atoms with Crippen LogP contribution in [-0.2, 0) is 14.3 Å². The SMILES string of the molecule is COC(=O)OC(=O)C(F)(F)F. The first-order valence-electron chi connectivity index (χ1n) is 2.25. The third kappa shape index (κ3) is 3.43. The Kier molecular flexibility index (Phi) is 2.85. The summed E-state index contributed by atoms with van der Waals surface area (Å²) in [7, 11) is 0.784. The van der Waals surface area contributed by atoms with E-state index in [1.54, 1.807) is 0 Å². The normalized spacial score (nSPS) is 10.5. The Labute approximate surface area is 58.9 Å². The van der Waals surface area contributed by atoms with E-state index in [-0.39, 0.29) is 0 Å². The van der Waals surface area contributed by atoms with Crippen LogP contribution >= 0.6 is 0 Å². The molecule has 0 radical (unpaired) electrons. The number of alkyl halides is 3. The van der Waals surface area contributed by atoms with Crippen LogP contribution < -0.4 is 0 Å². The lowest BCUT2D eigenvalue weighted by Crippen LogP contribution is -2.27. The average Bonchev–Trinajstić information content (AvgIpc) is 1.85. The first-order chi connectivity index (χ1) is 4.88. The van der Waals surface area contributed by atoms with E-state index >= 15 is 0 Å². The van der Waals surface area contributed by atoms with Crippen LogP contribution in [0.3, 0.4) is 0 Å². The molecule has 0 aliphatic heterocycles. The minimum absolute atomic E-state index is 0.784. The van der Waals surface area contributed by atoms with Crippen molar-refractivity contribution < 1.29 is 32.2 Å². The van der Waals surface area contributed by atoms with Gasteiger partial charge >= 0.3 is 18.3 Å². The van der Waals surface area contributed by atoms with Crippen molar-refractivity contribution in [3.05, 3.63) is 0 Å². The summed E-state index contributed by atoms with van der Waals surface area (Å²) in [4.78, 5) is 19.7. The highest BCUT2D eigenvalue weighted by atomic mass is 19.4. The topological polar surface area (TPSA) is 52.6 Å². The molecule has 0 unspecified atom stereocenters. The second-order valence-corrected chi connectivity index (χ2v) is 1.34. The Morgan fingerprint density at radius 3 is 2.00 bits per heavy atom. The Hall–Kier alpha value is -1.27. The summed E-state index contributed by atoms with van der Waals surface area (Å²) in [5, 5.41) is 0. The van der Waals surface area contributed by atoms with E-state index in [1.165, 1.54) is 0 Å². The average molecular weight is 172 g/mol. The van der Waals surface area contributed by atoms with Gasteiger partial charge in [-0.1, -0.05) is 0 Å². The van der Waals surface area contributed by atoms with Gasteiger partial charge in [0.1, 0.15) is 0 Å². The van der Waals surface area contributed by atoms with Crippen LogP contribution in [0.5, 0.6) is 0 Å². The van der Waals surface area contributed by atoms with Gasteiger partial charge in [-0.15, -0.1) is 0 Å². The van der Waals surface area contributed by atoms with Crippen molar-refractivity contribution in [2.24, 2.45) is 0 Å². The molecular weight excluding hydrogens is 169 g/mol. The van der Waals surface area contributed by atoms with Crippen LogP contribution in [0.4, 0.5) is 18.0 Å². The molecule has 11 heavy (non-hydrogen) atoms. The zero-order valence-corrected chi connectivity index (χ0v) is 5.27. The number of hydrogen-bond acceptors (Lipinski definition) is 4. The first-order valence-corrected chi connectivity index (χ1v) is 2.25. The van der Waals surface area contributed by atoms with Gasteiger partial charge in [0.25, 0.3) is 0 Å². The molecule has 0 saturated carbocycles. The fraction of sp³-hybridized carbons (Fsp3) is 0.500. The maximum absolute atomic E-state index is 11.3. The van der Waals surface area contributed by atoms with Gasteiger partial charge in [0.2, 0.25) is 0 Å². The standard InChI is InChI=1S/C4H3F3O4/c1-10-3(9)11-2(8)4(5,6)7/h1H3. The zero-order chi connectivity index (χ0) is 9.07. The Morgan fingerprint density at radius 1 is 1.27 bits per heavy atom. The van der Waals surface area contributed by atoms with E-state index in [0.717, 1.165) is 7.11 Å². The van der Waals surface area contributed by atoms with Crippen molar-refractivity contribution in [3.63, 3.8) is 0 Å². The van der Waals surface area contributed by atoms with Crippen molar-refractivity contribution in [2.75, 3.05) is 7.11 Å². The molecule has 0 saturated heterocycles. The van der Waals surface area contributed by atoms with E-state index in [9.17, 15) is 22.8 Å². The monoisotopic (exact) mass is 172 g/mol. The Balaban J connectivity index is 3.99. The number of halogens is 3. The van der Waals surface area contributed by atoms with E-state index in [4.69, 9.17) is 0 Å². The third-order valence-electron chi connectivity index (χ3n) is 0.574. The van der Waals surface area contributed by atoms with Gasteiger partial charge in [0.15, 0.2) is 0 Å². The molecule has 0 bridgehead atoms. The van der Waals surface area contributed by atoms with Crippen LogP contribution in [0, 0.1) is 0 Å². The smallest absolute Gasteiger partial charge is 0.437 e. The van der Waals surface area contributed by atoms with Crippen molar-refractivity contribution >= 4 is 12.1 Å². The minimum Gasteiger partial charge on any atom is -0.437 e. The van der Waals surface area contributed by atoms with Crippen LogP contribution in [0.2, 0.25) is 0 Å².